The number of nitriles is 1. The summed E-state index contributed by atoms with van der Waals surface area (Å²) < 4.78 is 10.0. The molecule has 0 aliphatic rings. The van der Waals surface area contributed by atoms with E-state index in [1.54, 1.807) is 21.0 Å². The second-order valence-corrected chi connectivity index (χ2v) is 7.04. The summed E-state index contributed by atoms with van der Waals surface area (Å²) in [6.07, 6.45) is 0. The monoisotopic (exact) mass is 399 g/mol. The van der Waals surface area contributed by atoms with Gasteiger partial charge in [-0.1, -0.05) is 23.9 Å². The average molecular weight is 399 g/mol. The lowest BCUT2D eigenvalue weighted by atomic mass is 10.2. The second kappa shape index (κ2) is 10.3. The van der Waals surface area contributed by atoms with E-state index in [2.05, 4.69) is 10.3 Å². The molecule has 0 saturated heterocycles. The first-order valence-corrected chi connectivity index (χ1v) is 9.52. The number of pyridine rings is 1. The molecule has 0 fully saturated rings. The molecule has 1 atom stereocenters. The Labute approximate surface area is 168 Å². The Hall–Kier alpha value is -3.05. The summed E-state index contributed by atoms with van der Waals surface area (Å²) >= 11 is 1.12. The van der Waals surface area contributed by atoms with E-state index in [1.165, 1.54) is 12.1 Å². The van der Waals surface area contributed by atoms with Crippen molar-refractivity contribution in [2.24, 2.45) is 0 Å². The quantitative estimate of drug-likeness (QED) is 0.538. The number of methoxy groups -OCH3 is 1. The Kier molecular flexibility index (Phi) is 7.84. The topological polar surface area (TPSA) is 101 Å². The van der Waals surface area contributed by atoms with E-state index < -0.39 is 11.2 Å². The van der Waals surface area contributed by atoms with Crippen LogP contribution in [-0.2, 0) is 16.1 Å². The molecule has 1 aromatic carbocycles. The maximum atomic E-state index is 12.4. The predicted molar refractivity (Wildman–Crippen MR) is 105 cm³/mol. The molecule has 7 nitrogen and oxygen atoms in total. The lowest BCUT2D eigenvalue weighted by Gasteiger charge is -2.13. The van der Waals surface area contributed by atoms with Crippen LogP contribution in [-0.4, -0.2) is 35.8 Å². The van der Waals surface area contributed by atoms with Crippen LogP contribution in [0.3, 0.4) is 0 Å². The number of amides is 1. The molecule has 0 unspecified atom stereocenters. The van der Waals surface area contributed by atoms with Gasteiger partial charge in [0.15, 0.2) is 0 Å². The summed E-state index contributed by atoms with van der Waals surface area (Å²) in [5.41, 5.74) is 1.34. The number of thioether (sulfide) groups is 1. The number of hydrogen-bond acceptors (Lipinski definition) is 7. The highest BCUT2D eigenvalue weighted by atomic mass is 32.2. The maximum absolute atomic E-state index is 12.4. The highest BCUT2D eigenvalue weighted by Gasteiger charge is 2.19. The zero-order valence-electron chi connectivity index (χ0n) is 15.9. The van der Waals surface area contributed by atoms with Gasteiger partial charge in [0.05, 0.1) is 24.5 Å². The van der Waals surface area contributed by atoms with Gasteiger partial charge in [-0.2, -0.15) is 5.26 Å². The summed E-state index contributed by atoms with van der Waals surface area (Å²) in [7, 11) is 1.59. The zero-order chi connectivity index (χ0) is 20.5. The van der Waals surface area contributed by atoms with Crippen molar-refractivity contribution in [2.45, 2.75) is 30.7 Å². The molecule has 146 valence electrons. The Morgan fingerprint density at radius 2 is 1.96 bits per heavy atom. The second-order valence-electron chi connectivity index (χ2n) is 5.71. The van der Waals surface area contributed by atoms with Crippen LogP contribution in [0.5, 0.6) is 5.75 Å². The van der Waals surface area contributed by atoms with Gasteiger partial charge >= 0.3 is 5.97 Å². The number of carbonyl (C=O) groups is 2. The highest BCUT2D eigenvalue weighted by Crippen LogP contribution is 2.25. The largest absolute Gasteiger partial charge is 0.497 e. The van der Waals surface area contributed by atoms with Gasteiger partial charge in [-0.3, -0.25) is 4.79 Å². The minimum absolute atomic E-state index is 0.106. The minimum atomic E-state index is -0.564. The molecule has 8 heteroatoms. The molecule has 1 N–H and O–H groups in total. The van der Waals surface area contributed by atoms with E-state index >= 15 is 0 Å². The van der Waals surface area contributed by atoms with Gasteiger partial charge in [0.2, 0.25) is 5.91 Å². The molecular weight excluding hydrogens is 378 g/mol. The Balaban J connectivity index is 2.02. The van der Waals surface area contributed by atoms with E-state index in [0.717, 1.165) is 23.1 Å². The summed E-state index contributed by atoms with van der Waals surface area (Å²) in [5, 5.41) is 11.9. The molecule has 0 aliphatic carbocycles. The molecular formula is C20H21N3O4S. The first-order valence-electron chi connectivity index (χ1n) is 8.64. The van der Waals surface area contributed by atoms with Crippen LogP contribution < -0.4 is 10.1 Å². The van der Waals surface area contributed by atoms with E-state index in [0.29, 0.717) is 17.1 Å². The molecule has 0 bridgehead atoms. The fourth-order valence-corrected chi connectivity index (χ4v) is 3.15. The Morgan fingerprint density at radius 3 is 2.57 bits per heavy atom. The maximum Gasteiger partial charge on any atom is 0.356 e. The molecule has 2 aromatic rings. The van der Waals surface area contributed by atoms with Crippen LogP contribution in [0.1, 0.15) is 35.5 Å². The smallest absolute Gasteiger partial charge is 0.356 e. The lowest BCUT2D eigenvalue weighted by molar-refractivity contribution is -0.120. The number of ether oxygens (including phenoxy) is 2. The summed E-state index contributed by atoms with van der Waals surface area (Å²) in [4.78, 5) is 28.5. The number of aromatic nitrogens is 1. The van der Waals surface area contributed by atoms with Crippen LogP contribution in [0.15, 0.2) is 41.4 Å². The van der Waals surface area contributed by atoms with Crippen molar-refractivity contribution in [3.63, 3.8) is 0 Å². The normalized spacial score (nSPS) is 11.2. The number of carbonyl (C=O) groups excluding carboxylic acids is 2. The minimum Gasteiger partial charge on any atom is -0.497 e. The summed E-state index contributed by atoms with van der Waals surface area (Å²) in [5.74, 6) is -0.0194. The van der Waals surface area contributed by atoms with Gasteiger partial charge < -0.3 is 14.8 Å². The zero-order valence-corrected chi connectivity index (χ0v) is 16.7. The van der Waals surface area contributed by atoms with E-state index in [9.17, 15) is 14.9 Å². The molecule has 1 aromatic heterocycles. The molecule has 1 amide bonds. The van der Waals surface area contributed by atoms with Crippen molar-refractivity contribution in [1.29, 1.82) is 5.26 Å². The van der Waals surface area contributed by atoms with Crippen LogP contribution in [0, 0.1) is 11.3 Å². The van der Waals surface area contributed by atoms with E-state index in [-0.39, 0.29) is 18.2 Å². The first kappa shape index (κ1) is 21.3. The van der Waals surface area contributed by atoms with Crippen LogP contribution in [0.25, 0.3) is 0 Å². The Morgan fingerprint density at radius 1 is 1.25 bits per heavy atom. The number of esters is 1. The summed E-state index contributed by atoms with van der Waals surface area (Å²) in [6, 6.07) is 12.4. The number of hydrogen-bond donors (Lipinski definition) is 1. The Bertz CT molecular complexity index is 878. The van der Waals surface area contributed by atoms with Crippen molar-refractivity contribution >= 4 is 23.6 Å². The number of benzene rings is 1. The van der Waals surface area contributed by atoms with Crippen LogP contribution >= 0.6 is 11.8 Å². The van der Waals surface area contributed by atoms with Gasteiger partial charge in [-0.25, -0.2) is 9.78 Å². The third-order valence-electron chi connectivity index (χ3n) is 3.75. The van der Waals surface area contributed by atoms with Crippen molar-refractivity contribution in [3.05, 3.63) is 53.2 Å². The molecule has 0 radical (unpaired) electrons. The standard InChI is InChI=1S/C20H21N3O4S/c1-4-27-20(25)17-10-7-15(11-21)19(23-17)28-13(2)18(24)22-12-14-5-8-16(26-3)9-6-14/h5-10,13H,4,12H2,1-3H3,(H,22,24)/t13-/m0/s1. The van der Waals surface area contributed by atoms with Crippen molar-refractivity contribution in [2.75, 3.05) is 13.7 Å². The number of nitrogens with zero attached hydrogens (tertiary/aromatic N) is 2. The van der Waals surface area contributed by atoms with Gasteiger partial charge in [0.25, 0.3) is 0 Å². The molecule has 28 heavy (non-hydrogen) atoms. The fraction of sp³-hybridized carbons (Fsp3) is 0.300. The molecule has 0 aliphatic heterocycles. The molecule has 0 saturated carbocycles. The molecule has 2 rings (SSSR count). The van der Waals surface area contributed by atoms with Crippen LogP contribution in [0.4, 0.5) is 0 Å². The van der Waals surface area contributed by atoms with Crippen molar-refractivity contribution < 1.29 is 19.1 Å². The number of rotatable bonds is 8. The average Bonchev–Trinajstić information content (AvgIpc) is 2.72. The summed E-state index contributed by atoms with van der Waals surface area (Å²) in [6.45, 7) is 4.02. The van der Waals surface area contributed by atoms with Gasteiger partial charge in [0, 0.05) is 6.54 Å². The fourth-order valence-electron chi connectivity index (χ4n) is 2.23. The number of nitrogens with one attached hydrogen (secondary N) is 1. The van der Waals surface area contributed by atoms with Gasteiger partial charge in [-0.05, 0) is 43.7 Å². The van der Waals surface area contributed by atoms with Crippen molar-refractivity contribution in [1.82, 2.24) is 10.3 Å². The lowest BCUT2D eigenvalue weighted by Crippen LogP contribution is -2.30. The third kappa shape index (κ3) is 5.72. The molecule has 0 spiro atoms. The molecule has 1 heterocycles. The van der Waals surface area contributed by atoms with Crippen LogP contribution in [0.2, 0.25) is 0 Å². The predicted octanol–water partition coefficient (Wildman–Crippen LogP) is 2.94. The van der Waals surface area contributed by atoms with Crippen molar-refractivity contribution in [3.8, 4) is 11.8 Å². The highest BCUT2D eigenvalue weighted by molar-refractivity contribution is 8.00. The van der Waals surface area contributed by atoms with E-state index in [1.807, 2.05) is 30.3 Å². The van der Waals surface area contributed by atoms with Gasteiger partial charge in [-0.15, -0.1) is 0 Å². The third-order valence-corrected chi connectivity index (χ3v) is 4.85. The first-order chi connectivity index (χ1) is 13.5. The van der Waals surface area contributed by atoms with E-state index in [4.69, 9.17) is 9.47 Å². The SMILES string of the molecule is CCOC(=O)c1ccc(C#N)c(S[C@@H](C)C(=O)NCc2ccc(OC)cc2)n1. The van der Waals surface area contributed by atoms with Gasteiger partial charge in [0.1, 0.15) is 22.5 Å².